The smallest absolute Gasteiger partial charge is 0.126 e. The van der Waals surface area contributed by atoms with Crippen molar-refractivity contribution in [1.82, 2.24) is 0 Å². The number of aliphatic hydroxyl groups excluding tert-OH is 1. The Bertz CT molecular complexity index is 320. The lowest BCUT2D eigenvalue weighted by atomic mass is 9.97. The Morgan fingerprint density at radius 3 is 3.14 bits per heavy atom. The van der Waals surface area contributed by atoms with Gasteiger partial charge in [0.15, 0.2) is 0 Å². The summed E-state index contributed by atoms with van der Waals surface area (Å²) in [6.07, 6.45) is 0.730. The van der Waals surface area contributed by atoms with Gasteiger partial charge in [0, 0.05) is 18.1 Å². The van der Waals surface area contributed by atoms with Crippen LogP contribution in [0.15, 0.2) is 18.2 Å². The summed E-state index contributed by atoms with van der Waals surface area (Å²) >= 11 is 0. The first-order chi connectivity index (χ1) is 6.86. The Hall–Kier alpha value is -1.22. The van der Waals surface area contributed by atoms with E-state index in [0.29, 0.717) is 6.61 Å². The zero-order valence-electron chi connectivity index (χ0n) is 8.19. The van der Waals surface area contributed by atoms with Gasteiger partial charge in [-0.2, -0.15) is 0 Å². The quantitative estimate of drug-likeness (QED) is 0.793. The molecule has 1 aliphatic heterocycles. The van der Waals surface area contributed by atoms with Gasteiger partial charge in [-0.3, -0.25) is 0 Å². The third-order valence-corrected chi connectivity index (χ3v) is 2.57. The number of aliphatic hydroxyl groups is 1. The number of ether oxygens (including phenoxy) is 2. The molecule has 1 unspecified atom stereocenters. The molecule has 0 amide bonds. The van der Waals surface area contributed by atoms with E-state index in [1.165, 1.54) is 0 Å². The second kappa shape index (κ2) is 3.88. The average molecular weight is 194 g/mol. The number of methoxy groups -OCH3 is 1. The van der Waals surface area contributed by atoms with Crippen LogP contribution in [0, 0.1) is 0 Å². The summed E-state index contributed by atoms with van der Waals surface area (Å²) in [5.74, 6) is 2.02. The van der Waals surface area contributed by atoms with Crippen LogP contribution in [-0.4, -0.2) is 25.4 Å². The minimum absolute atomic E-state index is 0.186. The molecule has 0 aromatic heterocycles. The van der Waals surface area contributed by atoms with E-state index >= 15 is 0 Å². The fourth-order valence-corrected chi connectivity index (χ4v) is 1.89. The summed E-state index contributed by atoms with van der Waals surface area (Å²) in [5.41, 5.74) is 1.10. The minimum atomic E-state index is 0.186. The predicted molar refractivity (Wildman–Crippen MR) is 52.9 cm³/mol. The van der Waals surface area contributed by atoms with Crippen LogP contribution in [-0.2, 0) is 0 Å². The molecule has 0 fully saturated rings. The number of rotatable bonds is 3. The van der Waals surface area contributed by atoms with Crippen LogP contribution in [0.2, 0.25) is 0 Å². The summed E-state index contributed by atoms with van der Waals surface area (Å²) < 4.78 is 10.8. The van der Waals surface area contributed by atoms with Gasteiger partial charge in [-0.05, 0) is 18.6 Å². The predicted octanol–water partition coefficient (Wildman–Crippen LogP) is 1.55. The van der Waals surface area contributed by atoms with Gasteiger partial charge in [0.25, 0.3) is 0 Å². The maximum absolute atomic E-state index is 8.92. The molecule has 1 heterocycles. The van der Waals surface area contributed by atoms with Gasteiger partial charge in [0.05, 0.1) is 13.7 Å². The maximum atomic E-state index is 8.92. The van der Waals surface area contributed by atoms with Crippen LogP contribution in [0.5, 0.6) is 11.5 Å². The highest BCUT2D eigenvalue weighted by atomic mass is 16.5. The number of hydrogen-bond acceptors (Lipinski definition) is 3. The van der Waals surface area contributed by atoms with E-state index in [0.717, 1.165) is 23.5 Å². The second-order valence-corrected chi connectivity index (χ2v) is 3.39. The highest BCUT2D eigenvalue weighted by Gasteiger charge is 2.26. The van der Waals surface area contributed by atoms with Crippen LogP contribution in [0.25, 0.3) is 0 Å². The Morgan fingerprint density at radius 1 is 1.57 bits per heavy atom. The SMILES string of the molecule is COc1cccc2c1C(CCO)CO2. The molecule has 76 valence electrons. The molecular formula is C11H14O3. The van der Waals surface area contributed by atoms with Crippen molar-refractivity contribution in [2.45, 2.75) is 12.3 Å². The zero-order chi connectivity index (χ0) is 9.97. The summed E-state index contributed by atoms with van der Waals surface area (Å²) in [5, 5.41) is 8.92. The van der Waals surface area contributed by atoms with E-state index in [-0.39, 0.29) is 12.5 Å². The van der Waals surface area contributed by atoms with Crippen LogP contribution in [0.3, 0.4) is 0 Å². The molecule has 3 nitrogen and oxygen atoms in total. The molecule has 0 bridgehead atoms. The molecule has 14 heavy (non-hydrogen) atoms. The molecule has 1 atom stereocenters. The Morgan fingerprint density at radius 2 is 2.43 bits per heavy atom. The van der Waals surface area contributed by atoms with Crippen molar-refractivity contribution in [1.29, 1.82) is 0 Å². The fraction of sp³-hybridized carbons (Fsp3) is 0.455. The van der Waals surface area contributed by atoms with Crippen molar-refractivity contribution in [2.24, 2.45) is 0 Å². The Balaban J connectivity index is 2.35. The molecule has 0 saturated heterocycles. The van der Waals surface area contributed by atoms with Crippen LogP contribution in [0.4, 0.5) is 0 Å². The highest BCUT2D eigenvalue weighted by Crippen LogP contribution is 2.41. The van der Waals surface area contributed by atoms with Crippen molar-refractivity contribution in [3.63, 3.8) is 0 Å². The second-order valence-electron chi connectivity index (χ2n) is 3.39. The standard InChI is InChI=1S/C11H14O3/c1-13-9-3-2-4-10-11(9)8(5-6-12)7-14-10/h2-4,8,12H,5-7H2,1H3. The first-order valence-corrected chi connectivity index (χ1v) is 4.77. The first-order valence-electron chi connectivity index (χ1n) is 4.77. The van der Waals surface area contributed by atoms with Gasteiger partial charge >= 0.3 is 0 Å². The van der Waals surface area contributed by atoms with Crippen LogP contribution in [0.1, 0.15) is 17.9 Å². The topological polar surface area (TPSA) is 38.7 Å². The van der Waals surface area contributed by atoms with E-state index in [1.807, 2.05) is 18.2 Å². The zero-order valence-corrected chi connectivity index (χ0v) is 8.19. The third-order valence-electron chi connectivity index (χ3n) is 2.57. The molecule has 0 aliphatic carbocycles. The largest absolute Gasteiger partial charge is 0.496 e. The third kappa shape index (κ3) is 1.44. The van der Waals surface area contributed by atoms with Gasteiger partial charge in [-0.1, -0.05) is 6.07 Å². The van der Waals surface area contributed by atoms with Crippen molar-refractivity contribution < 1.29 is 14.6 Å². The number of benzene rings is 1. The molecule has 1 aromatic carbocycles. The highest BCUT2D eigenvalue weighted by molar-refractivity contribution is 5.49. The molecule has 2 rings (SSSR count). The Kier molecular flexibility index (Phi) is 2.59. The molecule has 1 aliphatic rings. The number of fused-ring (bicyclic) bond motifs is 1. The Labute approximate surface area is 83.3 Å². The van der Waals surface area contributed by atoms with Crippen molar-refractivity contribution in [3.8, 4) is 11.5 Å². The summed E-state index contributed by atoms with van der Waals surface area (Å²) in [6, 6.07) is 5.78. The van der Waals surface area contributed by atoms with E-state index < -0.39 is 0 Å². The molecular weight excluding hydrogens is 180 g/mol. The first kappa shape index (κ1) is 9.34. The summed E-state index contributed by atoms with van der Waals surface area (Å²) in [6.45, 7) is 0.835. The van der Waals surface area contributed by atoms with Gasteiger partial charge in [-0.15, -0.1) is 0 Å². The van der Waals surface area contributed by atoms with Gasteiger partial charge in [0.1, 0.15) is 11.5 Å². The van der Waals surface area contributed by atoms with Crippen molar-refractivity contribution in [2.75, 3.05) is 20.3 Å². The van der Waals surface area contributed by atoms with Crippen LogP contribution >= 0.6 is 0 Å². The van der Waals surface area contributed by atoms with E-state index in [2.05, 4.69) is 0 Å². The van der Waals surface area contributed by atoms with Gasteiger partial charge in [0.2, 0.25) is 0 Å². The van der Waals surface area contributed by atoms with Crippen LogP contribution < -0.4 is 9.47 Å². The average Bonchev–Trinajstić information content (AvgIpc) is 2.62. The summed E-state index contributed by atoms with van der Waals surface area (Å²) in [4.78, 5) is 0. The fourth-order valence-electron chi connectivity index (χ4n) is 1.89. The molecule has 1 aromatic rings. The van der Waals surface area contributed by atoms with E-state index in [4.69, 9.17) is 14.6 Å². The normalized spacial score (nSPS) is 18.9. The molecule has 0 radical (unpaired) electrons. The van der Waals surface area contributed by atoms with Gasteiger partial charge < -0.3 is 14.6 Å². The minimum Gasteiger partial charge on any atom is -0.496 e. The molecule has 3 heteroatoms. The monoisotopic (exact) mass is 194 g/mol. The molecule has 0 spiro atoms. The van der Waals surface area contributed by atoms with Crippen molar-refractivity contribution in [3.05, 3.63) is 23.8 Å². The molecule has 0 saturated carbocycles. The summed E-state index contributed by atoms with van der Waals surface area (Å²) in [7, 11) is 1.66. The lowest BCUT2D eigenvalue weighted by molar-refractivity contribution is 0.254. The number of hydrogen-bond donors (Lipinski definition) is 1. The maximum Gasteiger partial charge on any atom is 0.126 e. The van der Waals surface area contributed by atoms with E-state index in [9.17, 15) is 0 Å². The molecule has 1 N–H and O–H groups in total. The van der Waals surface area contributed by atoms with Gasteiger partial charge in [-0.25, -0.2) is 0 Å². The lowest BCUT2D eigenvalue weighted by Crippen LogP contribution is -2.03. The van der Waals surface area contributed by atoms with E-state index in [1.54, 1.807) is 7.11 Å². The van der Waals surface area contributed by atoms with Crippen molar-refractivity contribution >= 4 is 0 Å². The lowest BCUT2D eigenvalue weighted by Gasteiger charge is -2.10.